The number of ether oxygens (including phenoxy) is 1. The maximum Gasteiger partial charge on any atom is 0.407 e. The summed E-state index contributed by atoms with van der Waals surface area (Å²) < 4.78 is 7.56. The van der Waals surface area contributed by atoms with Gasteiger partial charge in [-0.15, -0.1) is 0 Å². The number of rotatable bonds is 6. The molecule has 0 unspecified atom stereocenters. The summed E-state index contributed by atoms with van der Waals surface area (Å²) in [6.45, 7) is 4.05. The van der Waals surface area contributed by atoms with Crippen molar-refractivity contribution in [3.8, 4) is 17.1 Å². The van der Waals surface area contributed by atoms with Crippen LogP contribution >= 0.6 is 23.2 Å². The molecule has 0 bridgehead atoms. The Morgan fingerprint density at radius 3 is 2.44 bits per heavy atom. The van der Waals surface area contributed by atoms with Gasteiger partial charge >= 0.3 is 6.09 Å². The number of halogens is 2. The Hall–Kier alpha value is -3.40. The van der Waals surface area contributed by atoms with Crippen LogP contribution in [0.4, 0.5) is 10.6 Å². The van der Waals surface area contributed by atoms with E-state index in [-0.39, 0.29) is 12.1 Å². The van der Waals surface area contributed by atoms with Crippen LogP contribution < -0.4 is 10.2 Å². The third kappa shape index (κ3) is 6.12. The Bertz CT molecular complexity index is 1510. The van der Waals surface area contributed by atoms with Gasteiger partial charge in [-0.2, -0.15) is 0 Å². The molecule has 2 aromatic carbocycles. The highest BCUT2D eigenvalue weighted by Gasteiger charge is 2.27. The van der Waals surface area contributed by atoms with Crippen LogP contribution in [-0.2, 0) is 4.74 Å². The van der Waals surface area contributed by atoms with Crippen molar-refractivity contribution in [2.24, 2.45) is 5.92 Å². The van der Waals surface area contributed by atoms with Gasteiger partial charge in [0.2, 0.25) is 0 Å². The lowest BCUT2D eigenvalue weighted by molar-refractivity contribution is 0.0993. The molecule has 2 aliphatic rings. The number of imidazole rings is 1. The second kappa shape index (κ2) is 12.2. The number of nitrogens with zero attached hydrogens (tertiary/aromatic N) is 6. The Balaban J connectivity index is 1.19. The molecule has 2 aromatic heterocycles. The predicted octanol–water partition coefficient (Wildman–Crippen LogP) is 5.83. The van der Waals surface area contributed by atoms with E-state index in [2.05, 4.69) is 32.1 Å². The minimum absolute atomic E-state index is 0.0545. The molecular weight excluding hydrogens is 561 g/mol. The number of fused-ring (bicyclic) bond motifs is 1. The van der Waals surface area contributed by atoms with Crippen LogP contribution in [0.2, 0.25) is 10.0 Å². The number of hydrogen-bond donors (Lipinski definition) is 1. The molecule has 0 radical (unpaired) electrons. The second-order valence-corrected chi connectivity index (χ2v) is 11.7. The zero-order valence-corrected chi connectivity index (χ0v) is 24.5. The van der Waals surface area contributed by atoms with Gasteiger partial charge in [0.1, 0.15) is 12.2 Å². The van der Waals surface area contributed by atoms with E-state index in [4.69, 9.17) is 32.9 Å². The summed E-state index contributed by atoms with van der Waals surface area (Å²) in [5.74, 6) is 1.89. The summed E-state index contributed by atoms with van der Waals surface area (Å²) >= 11 is 12.8. The molecule has 4 heterocycles. The van der Waals surface area contributed by atoms with Crippen molar-refractivity contribution < 1.29 is 9.53 Å². The summed E-state index contributed by atoms with van der Waals surface area (Å²) in [6, 6.07) is 15.3. The molecule has 2 saturated heterocycles. The lowest BCUT2D eigenvalue weighted by Gasteiger charge is -2.33. The lowest BCUT2D eigenvalue weighted by atomic mass is 9.98. The average Bonchev–Trinajstić information content (AvgIpc) is 3.37. The number of anilines is 1. The third-order valence-corrected chi connectivity index (χ3v) is 8.61. The first-order valence-electron chi connectivity index (χ1n) is 14.1. The lowest BCUT2D eigenvalue weighted by Crippen LogP contribution is -2.45. The molecule has 2 fully saturated rings. The van der Waals surface area contributed by atoms with Crippen LogP contribution in [-0.4, -0.2) is 76.4 Å². The number of carbonyl (C=O) groups excluding carboxylic acids is 1. The normalized spacial score (nSPS) is 17.2. The highest BCUT2D eigenvalue weighted by atomic mass is 35.5. The number of carbonyl (C=O) groups is 1. The van der Waals surface area contributed by atoms with Crippen LogP contribution in [0.3, 0.4) is 0 Å². The zero-order chi connectivity index (χ0) is 28.3. The van der Waals surface area contributed by atoms with Gasteiger partial charge in [0, 0.05) is 35.4 Å². The van der Waals surface area contributed by atoms with E-state index in [1.165, 1.54) is 0 Å². The zero-order valence-electron chi connectivity index (χ0n) is 23.0. The average molecular weight is 595 g/mol. The second-order valence-electron chi connectivity index (χ2n) is 10.8. The van der Waals surface area contributed by atoms with Gasteiger partial charge in [0.05, 0.1) is 11.6 Å². The summed E-state index contributed by atoms with van der Waals surface area (Å²) in [5, 5.41) is 4.31. The van der Waals surface area contributed by atoms with E-state index in [0.29, 0.717) is 39.6 Å². The number of amides is 1. The molecule has 4 aromatic rings. The molecule has 0 saturated carbocycles. The molecule has 9 nitrogen and oxygen atoms in total. The number of aromatic nitrogens is 4. The van der Waals surface area contributed by atoms with Crippen LogP contribution in [0.5, 0.6) is 0 Å². The monoisotopic (exact) mass is 593 g/mol. The molecule has 2 aliphatic heterocycles. The van der Waals surface area contributed by atoms with Crippen molar-refractivity contribution in [1.29, 1.82) is 0 Å². The summed E-state index contributed by atoms with van der Waals surface area (Å²) in [4.78, 5) is 31.4. The number of alkyl carbamates (subject to hydrolysis) is 1. The molecule has 0 aliphatic carbocycles. The van der Waals surface area contributed by atoms with Crippen LogP contribution in [0, 0.1) is 5.92 Å². The molecule has 1 amide bonds. The minimum atomic E-state index is -0.321. The van der Waals surface area contributed by atoms with Crippen LogP contribution in [0.1, 0.15) is 25.7 Å². The van der Waals surface area contributed by atoms with E-state index in [1.807, 2.05) is 53.1 Å². The number of benzene rings is 2. The van der Waals surface area contributed by atoms with Gasteiger partial charge in [-0.25, -0.2) is 19.7 Å². The van der Waals surface area contributed by atoms with Gasteiger partial charge in [0.25, 0.3) is 0 Å². The Morgan fingerprint density at radius 1 is 0.976 bits per heavy atom. The van der Waals surface area contributed by atoms with E-state index >= 15 is 0 Å². The van der Waals surface area contributed by atoms with Crippen LogP contribution in [0.25, 0.3) is 28.2 Å². The SMILES string of the molecule is CN1CCC(COC(=O)NC2CCN(c3ncnc4c3nc(-c3ccccc3Cl)n4-c3ccc(Cl)cc3)CC2)CC1. The van der Waals surface area contributed by atoms with Gasteiger partial charge < -0.3 is 19.9 Å². The van der Waals surface area contributed by atoms with Crippen molar-refractivity contribution >= 4 is 46.3 Å². The molecule has 0 spiro atoms. The first-order chi connectivity index (χ1) is 20.0. The number of piperidine rings is 2. The van der Waals surface area contributed by atoms with E-state index in [1.54, 1.807) is 6.33 Å². The molecule has 0 atom stereocenters. The molecule has 11 heteroatoms. The molecule has 1 N–H and O–H groups in total. The number of likely N-dealkylation sites (tertiary alicyclic amines) is 1. The highest BCUT2D eigenvalue weighted by Crippen LogP contribution is 2.35. The first-order valence-corrected chi connectivity index (χ1v) is 14.8. The van der Waals surface area contributed by atoms with Crippen molar-refractivity contribution in [2.75, 3.05) is 44.7 Å². The van der Waals surface area contributed by atoms with Gasteiger partial charge in [0.15, 0.2) is 17.0 Å². The predicted molar refractivity (Wildman–Crippen MR) is 162 cm³/mol. The smallest absolute Gasteiger partial charge is 0.407 e. The van der Waals surface area contributed by atoms with Gasteiger partial charge in [-0.3, -0.25) is 4.57 Å². The van der Waals surface area contributed by atoms with Gasteiger partial charge in [-0.05, 0) is 88.1 Å². The fraction of sp³-hybridized carbons (Fsp3) is 0.400. The minimum Gasteiger partial charge on any atom is -0.449 e. The molecule has 6 rings (SSSR count). The Labute approximate surface area is 249 Å². The molecular formula is C30H33Cl2N7O2. The van der Waals surface area contributed by atoms with Gasteiger partial charge in [-0.1, -0.05) is 35.3 Å². The summed E-state index contributed by atoms with van der Waals surface area (Å²) in [5.41, 5.74) is 3.05. The fourth-order valence-electron chi connectivity index (χ4n) is 5.64. The van der Waals surface area contributed by atoms with Crippen molar-refractivity contribution in [2.45, 2.75) is 31.7 Å². The summed E-state index contributed by atoms with van der Waals surface area (Å²) in [7, 11) is 2.13. The van der Waals surface area contributed by atoms with E-state index in [9.17, 15) is 4.79 Å². The standard InChI is InChI=1S/C30H33Cl2N7O2/c1-37-14-10-20(11-15-37)18-41-30(40)35-22-12-16-38(17-13-22)28-26-29(34-19-33-28)39(23-8-6-21(31)7-9-23)27(36-26)24-4-2-3-5-25(24)32/h2-9,19-20,22H,10-18H2,1H3,(H,35,40). The first kappa shape index (κ1) is 27.8. The van der Waals surface area contributed by atoms with Crippen LogP contribution in [0.15, 0.2) is 54.9 Å². The Morgan fingerprint density at radius 2 is 1.71 bits per heavy atom. The molecule has 41 heavy (non-hydrogen) atoms. The quantitative estimate of drug-likeness (QED) is 0.301. The van der Waals surface area contributed by atoms with Crippen molar-refractivity contribution in [1.82, 2.24) is 29.7 Å². The largest absolute Gasteiger partial charge is 0.449 e. The third-order valence-electron chi connectivity index (χ3n) is 8.03. The maximum absolute atomic E-state index is 12.5. The van der Waals surface area contributed by atoms with E-state index in [0.717, 1.165) is 68.9 Å². The maximum atomic E-state index is 12.5. The van der Waals surface area contributed by atoms with Crippen molar-refractivity contribution in [3.05, 3.63) is 64.9 Å². The topological polar surface area (TPSA) is 88.4 Å². The van der Waals surface area contributed by atoms with Crippen molar-refractivity contribution in [3.63, 3.8) is 0 Å². The Kier molecular flexibility index (Phi) is 8.27. The fourth-order valence-corrected chi connectivity index (χ4v) is 5.98. The van der Waals surface area contributed by atoms with E-state index < -0.39 is 0 Å². The molecule has 214 valence electrons. The number of nitrogens with one attached hydrogen (secondary N) is 1. The summed E-state index contributed by atoms with van der Waals surface area (Å²) in [6.07, 6.45) is 4.96. The number of hydrogen-bond acceptors (Lipinski definition) is 7. The highest BCUT2D eigenvalue weighted by molar-refractivity contribution is 6.33.